The lowest BCUT2D eigenvalue weighted by molar-refractivity contribution is 0.523. The molecule has 0 aliphatic heterocycles. The third-order valence-electron chi connectivity index (χ3n) is 2.25. The molecule has 0 bridgehead atoms. The predicted molar refractivity (Wildman–Crippen MR) is 50.4 cm³/mol. The molecule has 1 aliphatic carbocycles. The molecule has 2 nitrogen and oxygen atoms in total. The highest BCUT2D eigenvalue weighted by atomic mass is 35.5. The molecule has 0 saturated heterocycles. The molecule has 1 fully saturated rings. The number of hydrogen-bond acceptors (Lipinski definition) is 3. The van der Waals surface area contributed by atoms with Crippen molar-refractivity contribution in [1.29, 1.82) is 0 Å². The summed E-state index contributed by atoms with van der Waals surface area (Å²) in [6.07, 6.45) is 7.24. The van der Waals surface area contributed by atoms with E-state index in [4.69, 9.17) is 11.6 Å². The number of nitrogens with zero attached hydrogens (tertiary/aromatic N) is 2. The van der Waals surface area contributed by atoms with Gasteiger partial charge in [-0.2, -0.15) is 0 Å². The Labute approximate surface area is 81.1 Å². The smallest absolute Gasteiger partial charge is 0.126 e. The van der Waals surface area contributed by atoms with Gasteiger partial charge in [-0.15, -0.1) is 5.10 Å². The number of hydrogen-bond donors (Lipinski definition) is 0. The molecule has 0 spiro atoms. The van der Waals surface area contributed by atoms with Crippen molar-refractivity contribution in [1.82, 2.24) is 9.59 Å². The third-order valence-corrected chi connectivity index (χ3v) is 3.53. The van der Waals surface area contributed by atoms with E-state index in [1.165, 1.54) is 35.7 Å². The van der Waals surface area contributed by atoms with Gasteiger partial charge in [0.1, 0.15) is 0 Å². The van der Waals surface area contributed by atoms with Crippen LogP contribution in [0.2, 0.25) is 5.15 Å². The minimum Gasteiger partial charge on any atom is -0.126 e. The van der Waals surface area contributed by atoms with Crippen LogP contribution >= 0.6 is 23.1 Å². The summed E-state index contributed by atoms with van der Waals surface area (Å²) in [7, 11) is 0. The standard InChI is InChI=1S/C8H10ClN2S/c9-8-7(12-11-10-8)6-4-2-1-3-5-6/h2,6H,1,3-5H2. The van der Waals surface area contributed by atoms with Gasteiger partial charge >= 0.3 is 0 Å². The van der Waals surface area contributed by atoms with E-state index in [0.29, 0.717) is 11.1 Å². The average Bonchev–Trinajstić information content (AvgIpc) is 2.53. The zero-order valence-corrected chi connectivity index (χ0v) is 8.24. The van der Waals surface area contributed by atoms with E-state index >= 15 is 0 Å². The second kappa shape index (κ2) is 3.71. The van der Waals surface area contributed by atoms with Crippen molar-refractivity contribution in [3.63, 3.8) is 0 Å². The van der Waals surface area contributed by atoms with E-state index < -0.39 is 0 Å². The molecule has 0 aromatic carbocycles. The highest BCUT2D eigenvalue weighted by molar-refractivity contribution is 7.06. The van der Waals surface area contributed by atoms with Crippen molar-refractivity contribution in [3.8, 4) is 0 Å². The molecule has 1 aromatic heterocycles. The Bertz CT molecular complexity index is 255. The number of rotatable bonds is 1. The second-order valence-electron chi connectivity index (χ2n) is 3.08. The molecule has 0 amide bonds. The molecule has 1 aliphatic rings. The van der Waals surface area contributed by atoms with Gasteiger partial charge in [0.05, 0.1) is 4.88 Å². The lowest BCUT2D eigenvalue weighted by atomic mass is 9.88. The van der Waals surface area contributed by atoms with Gasteiger partial charge in [0.2, 0.25) is 0 Å². The van der Waals surface area contributed by atoms with Crippen LogP contribution in [0, 0.1) is 6.42 Å². The van der Waals surface area contributed by atoms with E-state index in [9.17, 15) is 0 Å². The summed E-state index contributed by atoms with van der Waals surface area (Å²) < 4.78 is 3.84. The van der Waals surface area contributed by atoms with E-state index in [-0.39, 0.29) is 0 Å². The monoisotopic (exact) mass is 201 g/mol. The van der Waals surface area contributed by atoms with Gasteiger partial charge in [-0.25, -0.2) is 0 Å². The minimum absolute atomic E-state index is 0.589. The van der Waals surface area contributed by atoms with Crippen LogP contribution < -0.4 is 0 Å². The van der Waals surface area contributed by atoms with Crippen molar-refractivity contribution >= 4 is 23.1 Å². The zero-order valence-electron chi connectivity index (χ0n) is 6.66. The normalized spacial score (nSPS) is 19.8. The molecule has 1 heterocycles. The molecular weight excluding hydrogens is 192 g/mol. The van der Waals surface area contributed by atoms with E-state index in [2.05, 4.69) is 16.0 Å². The predicted octanol–water partition coefficient (Wildman–Crippen LogP) is 3.05. The molecule has 0 N–H and O–H groups in total. The summed E-state index contributed by atoms with van der Waals surface area (Å²) in [6, 6.07) is 0. The number of halogens is 1. The Kier molecular flexibility index (Phi) is 2.61. The van der Waals surface area contributed by atoms with E-state index in [1.54, 1.807) is 0 Å². The Morgan fingerprint density at radius 3 is 3.08 bits per heavy atom. The summed E-state index contributed by atoms with van der Waals surface area (Å²) in [5.41, 5.74) is 0. The van der Waals surface area contributed by atoms with Gasteiger partial charge in [-0.1, -0.05) is 28.9 Å². The van der Waals surface area contributed by atoms with Crippen LogP contribution in [-0.4, -0.2) is 9.59 Å². The molecule has 2 rings (SSSR count). The Hall–Kier alpha value is -0.150. The molecule has 4 heteroatoms. The quantitative estimate of drug-likeness (QED) is 0.698. The van der Waals surface area contributed by atoms with Crippen molar-refractivity contribution in [2.24, 2.45) is 0 Å². The lowest BCUT2D eigenvalue weighted by Gasteiger charge is -2.19. The molecule has 1 atom stereocenters. The number of aromatic nitrogens is 2. The van der Waals surface area contributed by atoms with Gasteiger partial charge in [0, 0.05) is 0 Å². The Morgan fingerprint density at radius 1 is 1.58 bits per heavy atom. The molecule has 1 radical (unpaired) electrons. The van der Waals surface area contributed by atoms with Crippen LogP contribution in [0.15, 0.2) is 0 Å². The van der Waals surface area contributed by atoms with Gasteiger partial charge in [-0.3, -0.25) is 0 Å². The molecule has 65 valence electrons. The molecule has 1 saturated carbocycles. The minimum atomic E-state index is 0.589. The summed E-state index contributed by atoms with van der Waals surface area (Å²) in [4.78, 5) is 1.17. The fraction of sp³-hybridized carbons (Fsp3) is 0.625. The van der Waals surface area contributed by atoms with Crippen molar-refractivity contribution in [3.05, 3.63) is 16.5 Å². The SMILES string of the molecule is Clc1nnsc1C1C[CH]CCC1. The first kappa shape index (κ1) is 8.45. The largest absolute Gasteiger partial charge is 0.167 e. The van der Waals surface area contributed by atoms with Crippen LogP contribution in [0.5, 0.6) is 0 Å². The van der Waals surface area contributed by atoms with Gasteiger partial charge in [0.25, 0.3) is 0 Å². The summed E-state index contributed by atoms with van der Waals surface area (Å²) in [5, 5.41) is 4.42. The van der Waals surface area contributed by atoms with E-state index in [0.717, 1.165) is 6.42 Å². The first-order valence-electron chi connectivity index (χ1n) is 4.17. The summed E-state index contributed by atoms with van der Waals surface area (Å²) in [5.74, 6) is 0.589. The third kappa shape index (κ3) is 1.62. The van der Waals surface area contributed by atoms with Crippen molar-refractivity contribution in [2.75, 3.05) is 0 Å². The molecular formula is C8H10ClN2S. The van der Waals surface area contributed by atoms with Crippen molar-refractivity contribution < 1.29 is 0 Å². The van der Waals surface area contributed by atoms with E-state index in [1.807, 2.05) is 0 Å². The van der Waals surface area contributed by atoms with Crippen LogP contribution in [0.3, 0.4) is 0 Å². The van der Waals surface area contributed by atoms with Gasteiger partial charge < -0.3 is 0 Å². The zero-order chi connectivity index (χ0) is 8.39. The fourth-order valence-electron chi connectivity index (χ4n) is 1.61. The fourth-order valence-corrected chi connectivity index (χ4v) is 2.64. The maximum atomic E-state index is 5.90. The van der Waals surface area contributed by atoms with Gasteiger partial charge in [-0.05, 0) is 36.7 Å². The Morgan fingerprint density at radius 2 is 2.50 bits per heavy atom. The first-order valence-corrected chi connectivity index (χ1v) is 5.32. The average molecular weight is 202 g/mol. The van der Waals surface area contributed by atoms with Gasteiger partial charge in [0.15, 0.2) is 5.15 Å². The van der Waals surface area contributed by atoms with Crippen LogP contribution in [0.4, 0.5) is 0 Å². The van der Waals surface area contributed by atoms with Crippen molar-refractivity contribution in [2.45, 2.75) is 31.6 Å². The maximum absolute atomic E-state index is 5.90. The van der Waals surface area contributed by atoms with Crippen LogP contribution in [0.1, 0.15) is 36.5 Å². The lowest BCUT2D eigenvalue weighted by Crippen LogP contribution is -2.03. The topological polar surface area (TPSA) is 25.8 Å². The highest BCUT2D eigenvalue weighted by Gasteiger charge is 2.20. The summed E-state index contributed by atoms with van der Waals surface area (Å²) >= 11 is 7.34. The van der Waals surface area contributed by atoms with Crippen LogP contribution in [0.25, 0.3) is 0 Å². The summed E-state index contributed by atoms with van der Waals surface area (Å²) in [6.45, 7) is 0. The first-order chi connectivity index (χ1) is 5.88. The maximum Gasteiger partial charge on any atom is 0.167 e. The Balaban J connectivity index is 2.13. The molecule has 12 heavy (non-hydrogen) atoms. The van der Waals surface area contributed by atoms with Crippen LogP contribution in [-0.2, 0) is 0 Å². The highest BCUT2D eigenvalue weighted by Crippen LogP contribution is 2.36. The molecule has 1 aromatic rings. The molecule has 1 unspecified atom stereocenters. The second-order valence-corrected chi connectivity index (χ2v) is 4.22.